The van der Waals surface area contributed by atoms with Crippen molar-refractivity contribution in [3.05, 3.63) is 11.9 Å². The SMILES string of the molecule is CCc1c(NC)ncnc1N(C)CC1CCCCO1. The van der Waals surface area contributed by atoms with Crippen molar-refractivity contribution < 1.29 is 4.74 Å². The molecule has 1 N–H and O–H groups in total. The van der Waals surface area contributed by atoms with Crippen LogP contribution in [0.3, 0.4) is 0 Å². The van der Waals surface area contributed by atoms with Gasteiger partial charge in [0.2, 0.25) is 0 Å². The molecule has 5 heteroatoms. The Balaban J connectivity index is 2.11. The van der Waals surface area contributed by atoms with Gasteiger partial charge in [0, 0.05) is 32.8 Å². The molecule has 1 aromatic rings. The second kappa shape index (κ2) is 6.70. The van der Waals surface area contributed by atoms with Gasteiger partial charge in [-0.1, -0.05) is 6.92 Å². The first-order valence-corrected chi connectivity index (χ1v) is 7.10. The number of likely N-dealkylation sites (N-methyl/N-ethyl adjacent to an activating group) is 1. The summed E-state index contributed by atoms with van der Waals surface area (Å²) in [7, 11) is 3.98. The van der Waals surface area contributed by atoms with Crippen molar-refractivity contribution in [3.8, 4) is 0 Å². The van der Waals surface area contributed by atoms with Crippen molar-refractivity contribution in [2.45, 2.75) is 38.7 Å². The molecule has 0 aliphatic carbocycles. The molecule has 2 heterocycles. The number of nitrogens with one attached hydrogen (secondary N) is 1. The Hall–Kier alpha value is -1.36. The van der Waals surface area contributed by atoms with Crippen LogP contribution in [0.2, 0.25) is 0 Å². The molecule has 1 fully saturated rings. The van der Waals surface area contributed by atoms with Crippen LogP contribution in [-0.4, -0.2) is 43.3 Å². The van der Waals surface area contributed by atoms with Gasteiger partial charge in [0.1, 0.15) is 18.0 Å². The smallest absolute Gasteiger partial charge is 0.137 e. The maximum absolute atomic E-state index is 5.80. The predicted molar refractivity (Wildman–Crippen MR) is 77.8 cm³/mol. The summed E-state index contributed by atoms with van der Waals surface area (Å²) >= 11 is 0. The first-order valence-electron chi connectivity index (χ1n) is 7.10. The Labute approximate surface area is 115 Å². The maximum atomic E-state index is 5.80. The average Bonchev–Trinajstić information content (AvgIpc) is 2.47. The normalized spacial score (nSPS) is 19.2. The van der Waals surface area contributed by atoms with Gasteiger partial charge >= 0.3 is 0 Å². The van der Waals surface area contributed by atoms with Crippen molar-refractivity contribution in [1.82, 2.24) is 9.97 Å². The highest BCUT2D eigenvalue weighted by molar-refractivity contribution is 5.58. The molecule has 2 rings (SSSR count). The topological polar surface area (TPSA) is 50.3 Å². The quantitative estimate of drug-likeness (QED) is 0.882. The summed E-state index contributed by atoms with van der Waals surface area (Å²) in [5.41, 5.74) is 1.17. The Kier molecular flexibility index (Phi) is 4.96. The van der Waals surface area contributed by atoms with E-state index in [0.29, 0.717) is 6.10 Å². The summed E-state index contributed by atoms with van der Waals surface area (Å²) in [5, 5.41) is 3.14. The molecule has 0 bridgehead atoms. The molecular formula is C14H24N4O. The van der Waals surface area contributed by atoms with E-state index in [1.807, 2.05) is 7.05 Å². The Bertz CT molecular complexity index is 404. The van der Waals surface area contributed by atoms with Crippen LogP contribution < -0.4 is 10.2 Å². The standard InChI is InChI=1S/C14H24N4O/c1-4-12-13(15-2)16-10-17-14(12)18(3)9-11-7-5-6-8-19-11/h10-11H,4-9H2,1-3H3,(H,15,16,17). The monoisotopic (exact) mass is 264 g/mol. The van der Waals surface area contributed by atoms with Crippen LogP contribution in [0.5, 0.6) is 0 Å². The highest BCUT2D eigenvalue weighted by Gasteiger charge is 2.19. The number of ether oxygens (including phenoxy) is 1. The van der Waals surface area contributed by atoms with Crippen LogP contribution in [0.1, 0.15) is 31.7 Å². The molecule has 1 aliphatic heterocycles. The summed E-state index contributed by atoms with van der Waals surface area (Å²) in [6, 6.07) is 0. The fourth-order valence-electron chi connectivity index (χ4n) is 2.62. The molecule has 1 aromatic heterocycles. The Morgan fingerprint density at radius 2 is 2.26 bits per heavy atom. The molecule has 0 amide bonds. The summed E-state index contributed by atoms with van der Waals surface area (Å²) in [5.74, 6) is 1.93. The summed E-state index contributed by atoms with van der Waals surface area (Å²) in [6.07, 6.45) is 6.48. The largest absolute Gasteiger partial charge is 0.376 e. The molecule has 1 atom stereocenters. The zero-order valence-corrected chi connectivity index (χ0v) is 12.1. The lowest BCUT2D eigenvalue weighted by Gasteiger charge is -2.29. The average molecular weight is 264 g/mol. The van der Waals surface area contributed by atoms with Crippen molar-refractivity contribution >= 4 is 11.6 Å². The highest BCUT2D eigenvalue weighted by Crippen LogP contribution is 2.24. The summed E-state index contributed by atoms with van der Waals surface area (Å²) in [6.45, 7) is 3.92. The molecule has 0 saturated carbocycles. The third kappa shape index (κ3) is 3.35. The number of hydrogen-bond donors (Lipinski definition) is 1. The molecule has 106 valence electrons. The molecule has 0 radical (unpaired) electrons. The van der Waals surface area contributed by atoms with Crippen molar-refractivity contribution in [2.75, 3.05) is 37.5 Å². The first-order chi connectivity index (χ1) is 9.26. The van der Waals surface area contributed by atoms with E-state index < -0.39 is 0 Å². The van der Waals surface area contributed by atoms with Crippen molar-refractivity contribution in [1.29, 1.82) is 0 Å². The van der Waals surface area contributed by atoms with E-state index in [9.17, 15) is 0 Å². The van der Waals surface area contributed by atoms with Crippen LogP contribution in [0, 0.1) is 0 Å². The molecule has 19 heavy (non-hydrogen) atoms. The molecule has 0 spiro atoms. The Morgan fingerprint density at radius 3 is 2.89 bits per heavy atom. The van der Waals surface area contributed by atoms with E-state index in [4.69, 9.17) is 4.74 Å². The second-order valence-corrected chi connectivity index (χ2v) is 5.00. The fourth-order valence-corrected chi connectivity index (χ4v) is 2.62. The second-order valence-electron chi connectivity index (χ2n) is 5.00. The zero-order chi connectivity index (χ0) is 13.7. The lowest BCUT2D eigenvalue weighted by atomic mass is 10.1. The van der Waals surface area contributed by atoms with Gasteiger partial charge in [-0.3, -0.25) is 0 Å². The zero-order valence-electron chi connectivity index (χ0n) is 12.1. The van der Waals surface area contributed by atoms with Crippen molar-refractivity contribution in [3.63, 3.8) is 0 Å². The highest BCUT2D eigenvalue weighted by atomic mass is 16.5. The van der Waals surface area contributed by atoms with Gasteiger partial charge in [0.25, 0.3) is 0 Å². The van der Waals surface area contributed by atoms with E-state index in [1.165, 1.54) is 18.4 Å². The summed E-state index contributed by atoms with van der Waals surface area (Å²) in [4.78, 5) is 10.9. The molecule has 5 nitrogen and oxygen atoms in total. The number of anilines is 2. The lowest BCUT2D eigenvalue weighted by molar-refractivity contribution is 0.0215. The summed E-state index contributed by atoms with van der Waals surface area (Å²) < 4.78 is 5.80. The van der Waals surface area contributed by atoms with Crippen molar-refractivity contribution in [2.24, 2.45) is 0 Å². The van der Waals surface area contributed by atoms with E-state index >= 15 is 0 Å². The van der Waals surface area contributed by atoms with Crippen LogP contribution >= 0.6 is 0 Å². The lowest BCUT2D eigenvalue weighted by Crippen LogP contribution is -2.34. The van der Waals surface area contributed by atoms with E-state index in [-0.39, 0.29) is 0 Å². The van der Waals surface area contributed by atoms with E-state index in [2.05, 4.69) is 34.2 Å². The van der Waals surface area contributed by atoms with Gasteiger partial charge in [0.05, 0.1) is 6.10 Å². The fraction of sp³-hybridized carbons (Fsp3) is 0.714. The minimum atomic E-state index is 0.330. The van der Waals surface area contributed by atoms with Gasteiger partial charge in [-0.25, -0.2) is 9.97 Å². The minimum Gasteiger partial charge on any atom is -0.376 e. The van der Waals surface area contributed by atoms with E-state index in [1.54, 1.807) is 6.33 Å². The Morgan fingerprint density at radius 1 is 1.42 bits per heavy atom. The van der Waals surface area contributed by atoms with Gasteiger partial charge in [-0.05, 0) is 25.7 Å². The van der Waals surface area contributed by atoms with E-state index in [0.717, 1.165) is 37.6 Å². The number of rotatable bonds is 5. The van der Waals surface area contributed by atoms with Gasteiger partial charge < -0.3 is 15.0 Å². The first kappa shape index (κ1) is 14.1. The van der Waals surface area contributed by atoms with Crippen LogP contribution in [0.15, 0.2) is 6.33 Å². The predicted octanol–water partition coefficient (Wildman–Crippen LogP) is 2.09. The minimum absolute atomic E-state index is 0.330. The third-order valence-electron chi connectivity index (χ3n) is 3.63. The van der Waals surface area contributed by atoms with Crippen LogP contribution in [0.4, 0.5) is 11.6 Å². The van der Waals surface area contributed by atoms with Gasteiger partial charge in [-0.2, -0.15) is 0 Å². The third-order valence-corrected chi connectivity index (χ3v) is 3.63. The number of aromatic nitrogens is 2. The molecule has 1 aliphatic rings. The molecule has 0 aromatic carbocycles. The molecule has 1 saturated heterocycles. The van der Waals surface area contributed by atoms with Gasteiger partial charge in [-0.15, -0.1) is 0 Å². The maximum Gasteiger partial charge on any atom is 0.137 e. The van der Waals surface area contributed by atoms with Gasteiger partial charge in [0.15, 0.2) is 0 Å². The van der Waals surface area contributed by atoms with Crippen LogP contribution in [-0.2, 0) is 11.2 Å². The molecular weight excluding hydrogens is 240 g/mol. The molecule has 1 unspecified atom stereocenters. The number of nitrogens with zero attached hydrogens (tertiary/aromatic N) is 3. The number of hydrogen-bond acceptors (Lipinski definition) is 5. The van der Waals surface area contributed by atoms with Crippen LogP contribution in [0.25, 0.3) is 0 Å².